The fourth-order valence-electron chi connectivity index (χ4n) is 1.92. The topological polar surface area (TPSA) is 46.5 Å². The van der Waals surface area contributed by atoms with Crippen LogP contribution in [0.15, 0.2) is 57.6 Å². The summed E-state index contributed by atoms with van der Waals surface area (Å²) < 4.78 is 10.8. The van der Waals surface area contributed by atoms with Crippen molar-refractivity contribution in [1.29, 1.82) is 0 Å². The second-order valence-corrected chi connectivity index (χ2v) is 4.50. The first-order valence-electron chi connectivity index (χ1n) is 5.81. The number of aliphatic hydroxyl groups excluding tert-OH is 1. The van der Waals surface area contributed by atoms with Crippen molar-refractivity contribution >= 4 is 11.6 Å². The van der Waals surface area contributed by atoms with E-state index in [0.29, 0.717) is 16.5 Å². The van der Waals surface area contributed by atoms with Gasteiger partial charge in [-0.3, -0.25) is 0 Å². The summed E-state index contributed by atoms with van der Waals surface area (Å²) in [4.78, 5) is 0. The molecular weight excluding hydrogens is 264 g/mol. The first kappa shape index (κ1) is 12.1. The van der Waals surface area contributed by atoms with E-state index in [2.05, 4.69) is 0 Å². The lowest BCUT2D eigenvalue weighted by Gasteiger charge is -2.03. The minimum atomic E-state index is -0.123. The van der Waals surface area contributed by atoms with Gasteiger partial charge in [0.25, 0.3) is 0 Å². The van der Waals surface area contributed by atoms with Crippen LogP contribution in [-0.2, 0) is 6.61 Å². The van der Waals surface area contributed by atoms with Gasteiger partial charge in [-0.1, -0.05) is 17.7 Å². The van der Waals surface area contributed by atoms with E-state index in [0.717, 1.165) is 16.9 Å². The second kappa shape index (κ2) is 4.96. The van der Waals surface area contributed by atoms with E-state index in [1.54, 1.807) is 18.4 Å². The molecule has 3 rings (SSSR count). The van der Waals surface area contributed by atoms with Gasteiger partial charge in [-0.25, -0.2) is 0 Å². The van der Waals surface area contributed by atoms with Crippen molar-refractivity contribution in [3.8, 4) is 22.6 Å². The normalized spacial score (nSPS) is 10.8. The van der Waals surface area contributed by atoms with E-state index < -0.39 is 0 Å². The van der Waals surface area contributed by atoms with Gasteiger partial charge in [-0.15, -0.1) is 0 Å². The molecule has 2 heterocycles. The molecule has 0 fully saturated rings. The van der Waals surface area contributed by atoms with Crippen LogP contribution in [0, 0.1) is 0 Å². The third-order valence-corrected chi connectivity index (χ3v) is 3.17. The minimum absolute atomic E-state index is 0.123. The van der Waals surface area contributed by atoms with Gasteiger partial charge in [0.15, 0.2) is 0 Å². The van der Waals surface area contributed by atoms with E-state index >= 15 is 0 Å². The molecule has 19 heavy (non-hydrogen) atoms. The first-order chi connectivity index (χ1) is 9.28. The van der Waals surface area contributed by atoms with Crippen LogP contribution in [-0.4, -0.2) is 5.11 Å². The molecule has 4 heteroatoms. The molecule has 0 atom stereocenters. The van der Waals surface area contributed by atoms with E-state index in [1.807, 2.05) is 30.3 Å². The third-order valence-electron chi connectivity index (χ3n) is 2.86. The summed E-state index contributed by atoms with van der Waals surface area (Å²) in [6, 6.07) is 12.9. The van der Waals surface area contributed by atoms with Crippen LogP contribution in [0.1, 0.15) is 5.76 Å². The van der Waals surface area contributed by atoms with Crippen molar-refractivity contribution in [2.45, 2.75) is 6.61 Å². The van der Waals surface area contributed by atoms with E-state index in [1.165, 1.54) is 0 Å². The predicted octanol–water partition coefficient (Wildman–Crippen LogP) is 4.35. The Morgan fingerprint density at radius 2 is 1.95 bits per heavy atom. The summed E-state index contributed by atoms with van der Waals surface area (Å²) in [5.41, 5.74) is 1.70. The molecule has 96 valence electrons. The molecule has 0 aliphatic rings. The van der Waals surface area contributed by atoms with Gasteiger partial charge in [-0.2, -0.15) is 0 Å². The second-order valence-electron chi connectivity index (χ2n) is 4.10. The van der Waals surface area contributed by atoms with E-state index in [-0.39, 0.29) is 6.61 Å². The highest BCUT2D eigenvalue weighted by Crippen LogP contribution is 2.33. The Bertz CT molecular complexity index is 683. The fourth-order valence-corrected chi connectivity index (χ4v) is 2.19. The molecule has 2 aromatic heterocycles. The highest BCUT2D eigenvalue weighted by molar-refractivity contribution is 6.33. The molecule has 0 saturated carbocycles. The molecule has 3 aromatic rings. The SMILES string of the molecule is OCc1ccc(-c2ccc(-c3ccco3)cc2Cl)o1. The number of hydrogen-bond acceptors (Lipinski definition) is 3. The molecule has 0 radical (unpaired) electrons. The van der Waals surface area contributed by atoms with Crippen molar-refractivity contribution in [3.63, 3.8) is 0 Å². The van der Waals surface area contributed by atoms with Crippen molar-refractivity contribution in [2.75, 3.05) is 0 Å². The fraction of sp³-hybridized carbons (Fsp3) is 0.0667. The lowest BCUT2D eigenvalue weighted by molar-refractivity contribution is 0.248. The maximum Gasteiger partial charge on any atom is 0.135 e. The Hall–Kier alpha value is -1.97. The van der Waals surface area contributed by atoms with Crippen LogP contribution in [0.4, 0.5) is 0 Å². The quantitative estimate of drug-likeness (QED) is 0.772. The zero-order valence-corrected chi connectivity index (χ0v) is 10.7. The Morgan fingerprint density at radius 3 is 2.58 bits per heavy atom. The zero-order valence-electron chi connectivity index (χ0n) is 9.97. The maximum atomic E-state index is 9.00. The highest BCUT2D eigenvalue weighted by Gasteiger charge is 2.10. The Balaban J connectivity index is 2.00. The molecule has 1 aromatic carbocycles. The summed E-state index contributed by atoms with van der Waals surface area (Å²) in [5, 5.41) is 9.57. The summed E-state index contributed by atoms with van der Waals surface area (Å²) in [6.07, 6.45) is 1.62. The van der Waals surface area contributed by atoms with Crippen LogP contribution in [0.25, 0.3) is 22.6 Å². The molecule has 0 aliphatic carbocycles. The molecule has 0 aliphatic heterocycles. The molecule has 0 saturated heterocycles. The molecule has 3 nitrogen and oxygen atoms in total. The van der Waals surface area contributed by atoms with Gasteiger partial charge in [0, 0.05) is 11.1 Å². The maximum absolute atomic E-state index is 9.00. The Labute approximate surface area is 115 Å². The van der Waals surface area contributed by atoms with Crippen LogP contribution >= 0.6 is 11.6 Å². The summed E-state index contributed by atoms with van der Waals surface area (Å²) in [7, 11) is 0. The monoisotopic (exact) mass is 274 g/mol. The Kier molecular flexibility index (Phi) is 3.15. The Morgan fingerprint density at radius 1 is 1.05 bits per heavy atom. The van der Waals surface area contributed by atoms with Gasteiger partial charge in [0.2, 0.25) is 0 Å². The average Bonchev–Trinajstić information content (AvgIpc) is 3.10. The molecule has 1 N–H and O–H groups in total. The van der Waals surface area contributed by atoms with E-state index in [9.17, 15) is 0 Å². The molecule has 0 amide bonds. The van der Waals surface area contributed by atoms with Gasteiger partial charge >= 0.3 is 0 Å². The molecular formula is C15H11ClO3. The standard InChI is InChI=1S/C15H11ClO3/c16-13-8-10(14-2-1-7-18-14)3-5-12(13)15-6-4-11(9-17)19-15/h1-8,17H,9H2. The summed E-state index contributed by atoms with van der Waals surface area (Å²) >= 11 is 6.27. The third kappa shape index (κ3) is 2.30. The smallest absolute Gasteiger partial charge is 0.135 e. The number of halogens is 1. The van der Waals surface area contributed by atoms with Gasteiger partial charge in [-0.05, 0) is 36.4 Å². The van der Waals surface area contributed by atoms with Crippen LogP contribution in [0.2, 0.25) is 5.02 Å². The molecule has 0 bridgehead atoms. The predicted molar refractivity (Wildman–Crippen MR) is 72.8 cm³/mol. The van der Waals surface area contributed by atoms with Gasteiger partial charge in [0.1, 0.15) is 23.9 Å². The lowest BCUT2D eigenvalue weighted by atomic mass is 10.1. The number of hydrogen-bond donors (Lipinski definition) is 1. The lowest BCUT2D eigenvalue weighted by Crippen LogP contribution is -1.80. The largest absolute Gasteiger partial charge is 0.464 e. The highest BCUT2D eigenvalue weighted by atomic mass is 35.5. The van der Waals surface area contributed by atoms with Crippen LogP contribution < -0.4 is 0 Å². The van der Waals surface area contributed by atoms with Crippen molar-refractivity contribution in [3.05, 3.63) is 59.5 Å². The van der Waals surface area contributed by atoms with Crippen molar-refractivity contribution in [2.24, 2.45) is 0 Å². The summed E-state index contributed by atoms with van der Waals surface area (Å²) in [6.45, 7) is -0.123. The van der Waals surface area contributed by atoms with E-state index in [4.69, 9.17) is 25.5 Å². The van der Waals surface area contributed by atoms with Crippen molar-refractivity contribution < 1.29 is 13.9 Å². The first-order valence-corrected chi connectivity index (χ1v) is 6.19. The number of furan rings is 2. The van der Waals surface area contributed by atoms with Crippen LogP contribution in [0.5, 0.6) is 0 Å². The van der Waals surface area contributed by atoms with Crippen LogP contribution in [0.3, 0.4) is 0 Å². The summed E-state index contributed by atoms with van der Waals surface area (Å²) in [5.74, 6) is 1.92. The van der Waals surface area contributed by atoms with Crippen molar-refractivity contribution in [1.82, 2.24) is 0 Å². The number of aliphatic hydroxyl groups is 1. The zero-order chi connectivity index (χ0) is 13.2. The van der Waals surface area contributed by atoms with Gasteiger partial charge in [0.05, 0.1) is 11.3 Å². The van der Waals surface area contributed by atoms with Gasteiger partial charge < -0.3 is 13.9 Å². The molecule has 0 spiro atoms. The number of rotatable bonds is 3. The molecule has 0 unspecified atom stereocenters. The number of benzene rings is 1. The minimum Gasteiger partial charge on any atom is -0.464 e. The average molecular weight is 275 g/mol.